The van der Waals surface area contributed by atoms with Gasteiger partial charge in [0.15, 0.2) is 0 Å². The number of benzene rings is 1. The lowest BCUT2D eigenvalue weighted by Crippen LogP contribution is -2.23. The third kappa shape index (κ3) is 2.67. The molecule has 18 heavy (non-hydrogen) atoms. The third-order valence-corrected chi connectivity index (χ3v) is 4.44. The van der Waals surface area contributed by atoms with Crippen LogP contribution in [-0.2, 0) is 10.0 Å². The van der Waals surface area contributed by atoms with E-state index >= 15 is 0 Å². The van der Waals surface area contributed by atoms with E-state index in [0.717, 1.165) is 6.42 Å². The van der Waals surface area contributed by atoms with E-state index in [2.05, 4.69) is 9.71 Å². The minimum atomic E-state index is -3.42. The predicted octanol–water partition coefficient (Wildman–Crippen LogP) is 1.99. The number of rotatable bonds is 4. The van der Waals surface area contributed by atoms with Crippen LogP contribution in [0.5, 0.6) is 0 Å². The van der Waals surface area contributed by atoms with Crippen molar-refractivity contribution in [3.63, 3.8) is 0 Å². The van der Waals surface area contributed by atoms with Gasteiger partial charge < -0.3 is 0 Å². The molecule has 0 saturated carbocycles. The molecule has 1 aromatic rings. The van der Waals surface area contributed by atoms with Gasteiger partial charge in [-0.25, -0.2) is 8.42 Å². The summed E-state index contributed by atoms with van der Waals surface area (Å²) in [6.45, 7) is 2.61. The maximum atomic E-state index is 11.8. The van der Waals surface area contributed by atoms with Gasteiger partial charge in [0.05, 0.1) is 4.90 Å². The van der Waals surface area contributed by atoms with E-state index < -0.39 is 10.0 Å². The van der Waals surface area contributed by atoms with E-state index in [1.807, 2.05) is 6.92 Å². The highest BCUT2D eigenvalue weighted by atomic mass is 35.5. The Hall–Kier alpha value is -1.07. The summed E-state index contributed by atoms with van der Waals surface area (Å²) in [5.74, 6) is 1.37. The topological polar surface area (TPSA) is 58.5 Å². The van der Waals surface area contributed by atoms with E-state index in [4.69, 9.17) is 11.6 Å². The SMILES string of the molecule is CC(CCCl)CN=C1NS(=O)(=O)c2ccccc21. The van der Waals surface area contributed by atoms with E-state index in [0.29, 0.717) is 34.6 Å². The molecule has 0 bridgehead atoms. The van der Waals surface area contributed by atoms with Crippen LogP contribution in [0, 0.1) is 5.92 Å². The van der Waals surface area contributed by atoms with Gasteiger partial charge in [0.2, 0.25) is 0 Å². The number of nitrogens with one attached hydrogen (secondary N) is 1. The molecule has 1 aliphatic rings. The van der Waals surface area contributed by atoms with Crippen LogP contribution >= 0.6 is 11.6 Å². The van der Waals surface area contributed by atoms with E-state index in [-0.39, 0.29) is 0 Å². The number of hydrogen-bond acceptors (Lipinski definition) is 3. The molecule has 1 aromatic carbocycles. The zero-order valence-electron chi connectivity index (χ0n) is 10.1. The summed E-state index contributed by atoms with van der Waals surface area (Å²) in [5, 5.41) is 0. The molecule has 0 saturated heterocycles. The Bertz CT molecular complexity index is 569. The monoisotopic (exact) mass is 286 g/mol. The highest BCUT2D eigenvalue weighted by Gasteiger charge is 2.29. The number of halogens is 1. The van der Waals surface area contributed by atoms with Gasteiger partial charge in [0, 0.05) is 18.0 Å². The molecule has 0 aromatic heterocycles. The van der Waals surface area contributed by atoms with Crippen LogP contribution in [0.2, 0.25) is 0 Å². The largest absolute Gasteiger partial charge is 0.267 e. The van der Waals surface area contributed by atoms with Crippen LogP contribution in [0.15, 0.2) is 34.2 Å². The summed E-state index contributed by atoms with van der Waals surface area (Å²) < 4.78 is 26.1. The molecular formula is C12H15ClN2O2S. The maximum Gasteiger partial charge on any atom is 0.263 e. The lowest BCUT2D eigenvalue weighted by atomic mass is 10.1. The molecule has 98 valence electrons. The summed E-state index contributed by atoms with van der Waals surface area (Å²) in [5.41, 5.74) is 0.649. The zero-order valence-corrected chi connectivity index (χ0v) is 11.6. The maximum absolute atomic E-state index is 11.8. The van der Waals surface area contributed by atoms with Crippen molar-refractivity contribution in [3.8, 4) is 0 Å². The fraction of sp³-hybridized carbons (Fsp3) is 0.417. The molecule has 1 N–H and O–H groups in total. The van der Waals surface area contributed by atoms with Gasteiger partial charge in [-0.2, -0.15) is 0 Å². The lowest BCUT2D eigenvalue weighted by Gasteiger charge is -2.06. The van der Waals surface area contributed by atoms with Gasteiger partial charge in [-0.15, -0.1) is 11.6 Å². The molecule has 0 aliphatic carbocycles. The molecule has 0 spiro atoms. The van der Waals surface area contributed by atoms with Gasteiger partial charge in [-0.1, -0.05) is 19.1 Å². The first-order valence-corrected chi connectivity index (χ1v) is 7.79. The Kier molecular flexibility index (Phi) is 3.92. The van der Waals surface area contributed by atoms with Gasteiger partial charge in [0.25, 0.3) is 10.0 Å². The second-order valence-electron chi connectivity index (χ2n) is 4.37. The average Bonchev–Trinajstić information content (AvgIpc) is 2.60. The van der Waals surface area contributed by atoms with Gasteiger partial charge in [-0.05, 0) is 24.5 Å². The molecule has 1 unspecified atom stereocenters. The Morgan fingerprint density at radius 2 is 2.11 bits per heavy atom. The summed E-state index contributed by atoms with van der Waals surface area (Å²) in [6.07, 6.45) is 0.868. The highest BCUT2D eigenvalue weighted by molar-refractivity contribution is 7.90. The molecule has 1 heterocycles. The quantitative estimate of drug-likeness (QED) is 0.861. The van der Waals surface area contributed by atoms with Crippen LogP contribution in [0.25, 0.3) is 0 Å². The Labute approximate surface area is 112 Å². The smallest absolute Gasteiger partial charge is 0.263 e. The second-order valence-corrected chi connectivity index (χ2v) is 6.40. The summed E-state index contributed by atoms with van der Waals surface area (Å²) in [4.78, 5) is 4.65. The first-order chi connectivity index (χ1) is 8.54. The van der Waals surface area contributed by atoms with Crippen molar-refractivity contribution in [1.29, 1.82) is 0 Å². The fourth-order valence-electron chi connectivity index (χ4n) is 1.78. The average molecular weight is 287 g/mol. The van der Waals surface area contributed by atoms with Crippen LogP contribution in [0.3, 0.4) is 0 Å². The predicted molar refractivity (Wildman–Crippen MR) is 72.7 cm³/mol. The highest BCUT2D eigenvalue weighted by Crippen LogP contribution is 2.22. The molecule has 6 heteroatoms. The van der Waals surface area contributed by atoms with Crippen molar-refractivity contribution in [2.75, 3.05) is 12.4 Å². The van der Waals surface area contributed by atoms with Crippen molar-refractivity contribution < 1.29 is 8.42 Å². The summed E-state index contributed by atoms with van der Waals surface area (Å²) in [7, 11) is -3.42. The van der Waals surface area contributed by atoms with Crippen molar-refractivity contribution in [3.05, 3.63) is 29.8 Å². The molecule has 1 aliphatic heterocycles. The van der Waals surface area contributed by atoms with Gasteiger partial charge in [0.1, 0.15) is 5.84 Å². The second kappa shape index (κ2) is 5.28. The summed E-state index contributed by atoms with van der Waals surface area (Å²) in [6, 6.07) is 6.86. The van der Waals surface area contributed by atoms with E-state index in [1.165, 1.54) is 0 Å². The van der Waals surface area contributed by atoms with Crippen LogP contribution < -0.4 is 4.72 Å². The number of hydrogen-bond donors (Lipinski definition) is 1. The Morgan fingerprint density at radius 3 is 2.83 bits per heavy atom. The van der Waals surface area contributed by atoms with E-state index in [9.17, 15) is 8.42 Å². The van der Waals surface area contributed by atoms with Crippen molar-refractivity contribution in [1.82, 2.24) is 4.72 Å². The van der Waals surface area contributed by atoms with Gasteiger partial charge in [-0.3, -0.25) is 9.71 Å². The zero-order chi connectivity index (χ0) is 13.2. The summed E-state index contributed by atoms with van der Waals surface area (Å²) >= 11 is 5.66. The van der Waals surface area contributed by atoms with Crippen LogP contribution in [-0.4, -0.2) is 26.7 Å². The minimum absolute atomic E-state index is 0.300. The van der Waals surface area contributed by atoms with Crippen molar-refractivity contribution in [2.24, 2.45) is 10.9 Å². The van der Waals surface area contributed by atoms with E-state index in [1.54, 1.807) is 24.3 Å². The number of alkyl halides is 1. The number of fused-ring (bicyclic) bond motifs is 1. The van der Waals surface area contributed by atoms with Crippen molar-refractivity contribution in [2.45, 2.75) is 18.2 Å². The number of nitrogens with zero attached hydrogens (tertiary/aromatic N) is 1. The van der Waals surface area contributed by atoms with Crippen LogP contribution in [0.4, 0.5) is 0 Å². The first kappa shape index (κ1) is 13.4. The minimum Gasteiger partial charge on any atom is -0.267 e. The van der Waals surface area contributed by atoms with Gasteiger partial charge >= 0.3 is 0 Å². The molecule has 0 amide bonds. The normalized spacial score (nSPS) is 20.4. The number of sulfonamides is 1. The number of aliphatic imine (C=N–C) groups is 1. The molecule has 1 atom stereocenters. The molecule has 4 nitrogen and oxygen atoms in total. The Morgan fingerprint density at radius 1 is 1.39 bits per heavy atom. The third-order valence-electron chi connectivity index (χ3n) is 2.83. The first-order valence-electron chi connectivity index (χ1n) is 5.77. The standard InChI is InChI=1S/C12H15ClN2O2S/c1-9(6-7-13)8-14-12-10-4-2-3-5-11(10)18(16,17)15-12/h2-5,9H,6-8H2,1H3,(H,14,15). The fourth-order valence-corrected chi connectivity index (χ4v) is 3.40. The van der Waals surface area contributed by atoms with Crippen molar-refractivity contribution >= 4 is 27.5 Å². The molecule has 0 fully saturated rings. The Balaban J connectivity index is 2.25. The molecular weight excluding hydrogens is 272 g/mol. The number of amidine groups is 1. The molecule has 0 radical (unpaired) electrons. The molecule has 2 rings (SSSR count). The van der Waals surface area contributed by atoms with Crippen LogP contribution in [0.1, 0.15) is 18.9 Å². The lowest BCUT2D eigenvalue weighted by molar-refractivity contribution is 0.579.